The van der Waals surface area contributed by atoms with E-state index >= 15 is 0 Å². The summed E-state index contributed by atoms with van der Waals surface area (Å²) in [6.45, 7) is 7.07. The van der Waals surface area contributed by atoms with Crippen molar-refractivity contribution in [3.63, 3.8) is 0 Å². The molecular formula is C17H30NO5+. The van der Waals surface area contributed by atoms with Crippen molar-refractivity contribution in [2.24, 2.45) is 5.92 Å². The van der Waals surface area contributed by atoms with E-state index in [1.54, 1.807) is 20.8 Å². The van der Waals surface area contributed by atoms with Crippen LogP contribution in [0.25, 0.3) is 0 Å². The summed E-state index contributed by atoms with van der Waals surface area (Å²) in [4.78, 5) is 12.5. The highest BCUT2D eigenvalue weighted by Crippen LogP contribution is 2.35. The van der Waals surface area contributed by atoms with Crippen LogP contribution >= 0.6 is 0 Å². The number of carbonyl (C=O) groups excluding carboxylic acids is 1. The van der Waals surface area contributed by atoms with Crippen LogP contribution in [0.4, 0.5) is 0 Å². The molecule has 0 unspecified atom stereocenters. The number of aliphatic hydroxyl groups excluding tert-OH is 1. The molecule has 0 amide bonds. The summed E-state index contributed by atoms with van der Waals surface area (Å²) in [5, 5.41) is 20.9. The summed E-state index contributed by atoms with van der Waals surface area (Å²) in [5.41, 5.74) is -0.734. The number of hydrogen-bond acceptors (Lipinski definition) is 5. The van der Waals surface area contributed by atoms with Gasteiger partial charge in [-0.15, -0.1) is 0 Å². The lowest BCUT2D eigenvalue weighted by molar-refractivity contribution is -0.906. The first-order chi connectivity index (χ1) is 10.7. The molecular weight excluding hydrogens is 298 g/mol. The predicted octanol–water partition coefficient (Wildman–Crippen LogP) is 0.471. The maximum Gasteiger partial charge on any atom is 0.341 e. The van der Waals surface area contributed by atoms with Crippen LogP contribution in [0, 0.1) is 5.92 Å². The molecule has 1 fully saturated rings. The first kappa shape index (κ1) is 18.4. The van der Waals surface area contributed by atoms with Crippen molar-refractivity contribution in [1.82, 2.24) is 0 Å². The predicted molar refractivity (Wildman–Crippen MR) is 85.6 cm³/mol. The number of aliphatic hydroxyl groups is 2. The first-order valence-electron chi connectivity index (χ1n) is 8.30. The van der Waals surface area contributed by atoms with Crippen LogP contribution in [0.2, 0.25) is 0 Å². The average Bonchev–Trinajstić information content (AvgIpc) is 2.99. The van der Waals surface area contributed by atoms with E-state index in [9.17, 15) is 15.0 Å². The average molecular weight is 328 g/mol. The number of ether oxygens (including phenoxy) is 2. The highest BCUT2D eigenvalue weighted by Gasteiger charge is 2.51. The molecule has 1 saturated heterocycles. The Labute approximate surface area is 138 Å². The van der Waals surface area contributed by atoms with Gasteiger partial charge in [-0.25, -0.2) is 4.79 Å². The van der Waals surface area contributed by atoms with Gasteiger partial charge in [-0.2, -0.15) is 0 Å². The Morgan fingerprint density at radius 1 is 1.48 bits per heavy atom. The Morgan fingerprint density at radius 2 is 2.13 bits per heavy atom. The molecule has 6 heteroatoms. The Morgan fingerprint density at radius 3 is 2.70 bits per heavy atom. The SMILES string of the molecule is CO[C@H](C)[C@](O)(C(=O)OCC1=CC[N@@+]2(C)CC[C@@H](O)[C@@H]12)C(C)C. The molecule has 5 atom stereocenters. The van der Waals surface area contributed by atoms with Crippen LogP contribution in [0.3, 0.4) is 0 Å². The van der Waals surface area contributed by atoms with Crippen LogP contribution in [0.15, 0.2) is 11.6 Å². The Hall–Kier alpha value is -0.950. The number of hydrogen-bond donors (Lipinski definition) is 2. The summed E-state index contributed by atoms with van der Waals surface area (Å²) in [6.07, 6.45) is 1.76. The van der Waals surface area contributed by atoms with Gasteiger partial charge in [0.2, 0.25) is 0 Å². The van der Waals surface area contributed by atoms with E-state index in [2.05, 4.69) is 13.1 Å². The lowest BCUT2D eigenvalue weighted by Crippen LogP contribution is -2.54. The molecule has 132 valence electrons. The van der Waals surface area contributed by atoms with E-state index in [4.69, 9.17) is 9.47 Å². The third kappa shape index (κ3) is 3.05. The molecule has 2 aliphatic rings. The summed E-state index contributed by atoms with van der Waals surface area (Å²) < 4.78 is 11.4. The van der Waals surface area contributed by atoms with Gasteiger partial charge < -0.3 is 24.2 Å². The molecule has 2 heterocycles. The molecule has 0 aromatic heterocycles. The smallest absolute Gasteiger partial charge is 0.341 e. The standard InChI is InChI=1S/C17H30NO5/c1-11(2)17(21,12(3)22-5)16(20)23-10-13-6-8-18(4)9-7-14(19)15(13)18/h6,11-12,14-15,19,21H,7-10H2,1-5H3/q+1/t12-,14-,15-,17+,18+/m1/s1. The topological polar surface area (TPSA) is 76.0 Å². The summed E-state index contributed by atoms with van der Waals surface area (Å²) in [6, 6.07) is -0.00482. The first-order valence-corrected chi connectivity index (χ1v) is 8.30. The Bertz CT molecular complexity index is 491. The van der Waals surface area contributed by atoms with Gasteiger partial charge in [0, 0.05) is 19.1 Å². The van der Waals surface area contributed by atoms with Gasteiger partial charge in [0.15, 0.2) is 5.60 Å². The van der Waals surface area contributed by atoms with Crippen molar-refractivity contribution in [3.05, 3.63) is 11.6 Å². The molecule has 0 aliphatic carbocycles. The summed E-state index contributed by atoms with van der Waals surface area (Å²) >= 11 is 0. The van der Waals surface area contributed by atoms with Crippen LogP contribution in [0.1, 0.15) is 27.2 Å². The lowest BCUT2D eigenvalue weighted by atomic mass is 9.85. The fraction of sp³-hybridized carbons (Fsp3) is 0.824. The highest BCUT2D eigenvalue weighted by molar-refractivity contribution is 5.80. The number of fused-ring (bicyclic) bond motifs is 1. The zero-order chi connectivity index (χ0) is 17.4. The minimum atomic E-state index is -1.68. The molecule has 0 aromatic rings. The number of nitrogens with zero attached hydrogens (tertiary/aromatic N) is 1. The van der Waals surface area contributed by atoms with Gasteiger partial charge in [0.05, 0.1) is 26.2 Å². The second-order valence-electron chi connectivity index (χ2n) is 7.40. The molecule has 0 aromatic carbocycles. The molecule has 0 bridgehead atoms. The van der Waals surface area contributed by atoms with Crippen LogP contribution in [-0.2, 0) is 14.3 Å². The number of carbonyl (C=O) groups is 1. The molecule has 0 saturated carbocycles. The van der Waals surface area contributed by atoms with E-state index in [1.165, 1.54) is 7.11 Å². The summed E-state index contributed by atoms with van der Waals surface area (Å²) in [7, 11) is 3.58. The lowest BCUT2D eigenvalue weighted by Gasteiger charge is -2.35. The monoisotopic (exact) mass is 328 g/mol. The summed E-state index contributed by atoms with van der Waals surface area (Å²) in [5.74, 6) is -1.00. The Balaban J connectivity index is 2.04. The molecule has 2 rings (SSSR count). The zero-order valence-corrected chi connectivity index (χ0v) is 14.8. The van der Waals surface area contributed by atoms with Crippen LogP contribution in [-0.4, -0.2) is 78.4 Å². The van der Waals surface area contributed by atoms with E-state index in [-0.39, 0.29) is 18.6 Å². The van der Waals surface area contributed by atoms with Crippen molar-refractivity contribution < 1.29 is 29.0 Å². The van der Waals surface area contributed by atoms with Crippen LogP contribution < -0.4 is 0 Å². The van der Waals surface area contributed by atoms with Crippen molar-refractivity contribution in [1.29, 1.82) is 0 Å². The molecule has 23 heavy (non-hydrogen) atoms. The van der Waals surface area contributed by atoms with Gasteiger partial charge >= 0.3 is 5.97 Å². The van der Waals surface area contributed by atoms with E-state index in [1.807, 2.05) is 0 Å². The third-order valence-corrected chi connectivity index (χ3v) is 5.67. The fourth-order valence-electron chi connectivity index (χ4n) is 3.90. The van der Waals surface area contributed by atoms with Crippen LogP contribution in [0.5, 0.6) is 0 Å². The Kier molecular flexibility index (Phi) is 5.21. The van der Waals surface area contributed by atoms with Gasteiger partial charge in [0.1, 0.15) is 18.8 Å². The number of esters is 1. The zero-order valence-electron chi connectivity index (χ0n) is 14.8. The number of likely N-dealkylation sites (N-methyl/N-ethyl adjacent to an activating group) is 1. The minimum Gasteiger partial charge on any atom is -0.459 e. The molecule has 0 radical (unpaired) electrons. The second-order valence-corrected chi connectivity index (χ2v) is 7.40. The van der Waals surface area contributed by atoms with Gasteiger partial charge in [-0.3, -0.25) is 0 Å². The number of methoxy groups -OCH3 is 1. The normalized spacial score (nSPS) is 34.0. The molecule has 2 N–H and O–H groups in total. The van der Waals surface area contributed by atoms with E-state index in [0.717, 1.165) is 29.6 Å². The highest BCUT2D eigenvalue weighted by atomic mass is 16.6. The largest absolute Gasteiger partial charge is 0.459 e. The van der Waals surface area contributed by atoms with Gasteiger partial charge in [-0.1, -0.05) is 13.8 Å². The maximum atomic E-state index is 12.5. The van der Waals surface area contributed by atoms with E-state index in [0.29, 0.717) is 0 Å². The molecule has 2 aliphatic heterocycles. The van der Waals surface area contributed by atoms with Crippen molar-refractivity contribution in [2.45, 2.75) is 51.0 Å². The van der Waals surface area contributed by atoms with Gasteiger partial charge in [0.25, 0.3) is 0 Å². The van der Waals surface area contributed by atoms with Crippen molar-refractivity contribution in [3.8, 4) is 0 Å². The fourth-order valence-corrected chi connectivity index (χ4v) is 3.90. The molecule has 6 nitrogen and oxygen atoms in total. The van der Waals surface area contributed by atoms with Crippen molar-refractivity contribution in [2.75, 3.05) is 33.9 Å². The number of quaternary nitrogens is 1. The maximum absolute atomic E-state index is 12.5. The van der Waals surface area contributed by atoms with Gasteiger partial charge in [-0.05, 0) is 18.9 Å². The minimum absolute atomic E-state index is 0.00482. The molecule has 0 spiro atoms. The third-order valence-electron chi connectivity index (χ3n) is 5.67. The number of rotatable bonds is 6. The quantitative estimate of drug-likeness (QED) is 0.421. The van der Waals surface area contributed by atoms with E-state index < -0.39 is 23.8 Å². The van der Waals surface area contributed by atoms with Crippen molar-refractivity contribution >= 4 is 5.97 Å². The second kappa shape index (κ2) is 6.51.